The van der Waals surface area contributed by atoms with Crippen molar-refractivity contribution in [1.29, 1.82) is 5.26 Å². The fourth-order valence-corrected chi connectivity index (χ4v) is 3.25. The number of aromatic nitrogens is 3. The third kappa shape index (κ3) is 4.15. The minimum atomic E-state index is -1.15. The van der Waals surface area contributed by atoms with Crippen LogP contribution in [0.1, 0.15) is 17.2 Å². The van der Waals surface area contributed by atoms with Gasteiger partial charge in [-0.3, -0.25) is 9.78 Å². The van der Waals surface area contributed by atoms with Crippen molar-refractivity contribution in [3.63, 3.8) is 0 Å². The monoisotopic (exact) mass is 388 g/mol. The highest BCUT2D eigenvalue weighted by Gasteiger charge is 2.30. The van der Waals surface area contributed by atoms with Gasteiger partial charge in [0, 0.05) is 38.6 Å². The molecule has 1 aliphatic heterocycles. The second-order valence-corrected chi connectivity index (χ2v) is 6.68. The van der Waals surface area contributed by atoms with E-state index >= 15 is 0 Å². The molecule has 0 amide bonds. The van der Waals surface area contributed by atoms with Crippen LogP contribution in [0.25, 0.3) is 11.0 Å². The zero-order valence-corrected chi connectivity index (χ0v) is 15.8. The molecule has 8 heteroatoms. The van der Waals surface area contributed by atoms with E-state index in [1.54, 1.807) is 24.5 Å². The number of anilines is 1. The maximum atomic E-state index is 12.8. The molecule has 1 saturated heterocycles. The number of carbonyl (C=O) groups excluding carboxylic acids is 1. The van der Waals surface area contributed by atoms with Crippen molar-refractivity contribution >= 4 is 22.8 Å². The molecule has 3 aromatic rings. The van der Waals surface area contributed by atoms with E-state index in [1.807, 2.05) is 24.3 Å². The summed E-state index contributed by atoms with van der Waals surface area (Å²) in [6.45, 7) is 3.13. The van der Waals surface area contributed by atoms with Gasteiger partial charge in [0.1, 0.15) is 12.3 Å². The smallest absolute Gasteiger partial charge is 0.330 e. The number of ether oxygens (including phenoxy) is 1. The Labute approximate surface area is 168 Å². The topological polar surface area (TPSA) is 104 Å². The Morgan fingerprint density at radius 3 is 2.52 bits per heavy atom. The molecule has 1 N–H and O–H groups in total. The number of piperazine rings is 1. The summed E-state index contributed by atoms with van der Waals surface area (Å²) in [6, 6.07) is 13.0. The van der Waals surface area contributed by atoms with Crippen molar-refractivity contribution in [2.75, 3.05) is 31.1 Å². The standard InChI is InChI=1S/C21H20N6O2/c22-13-16(21(28)29-14-15-5-7-23-8-6-15)19-20(27-11-9-24-10-12-27)26-18-4-2-1-3-17(18)25-19/h1-8,16,24H,9-12,14H2. The van der Waals surface area contributed by atoms with Gasteiger partial charge in [0.25, 0.3) is 0 Å². The number of carbonyl (C=O) groups is 1. The number of pyridine rings is 1. The number of nitrogens with one attached hydrogen (secondary N) is 1. The van der Waals surface area contributed by atoms with E-state index in [9.17, 15) is 10.1 Å². The van der Waals surface area contributed by atoms with Gasteiger partial charge in [0.05, 0.1) is 17.1 Å². The number of hydrogen-bond donors (Lipinski definition) is 1. The quantitative estimate of drug-likeness (QED) is 0.660. The predicted octanol–water partition coefficient (Wildman–Crippen LogP) is 1.78. The van der Waals surface area contributed by atoms with E-state index in [1.165, 1.54) is 0 Å². The van der Waals surface area contributed by atoms with Gasteiger partial charge in [-0.1, -0.05) is 12.1 Å². The maximum Gasteiger partial charge on any atom is 0.330 e. The molecule has 0 radical (unpaired) electrons. The van der Waals surface area contributed by atoms with E-state index in [2.05, 4.69) is 26.3 Å². The molecule has 146 valence electrons. The van der Waals surface area contributed by atoms with Gasteiger partial charge < -0.3 is 15.0 Å². The highest BCUT2D eigenvalue weighted by Crippen LogP contribution is 2.28. The summed E-state index contributed by atoms with van der Waals surface area (Å²) >= 11 is 0. The Hall–Kier alpha value is -3.57. The Bertz CT molecular complexity index is 1040. The second kappa shape index (κ2) is 8.63. The summed E-state index contributed by atoms with van der Waals surface area (Å²) in [6.07, 6.45) is 3.25. The number of nitriles is 1. The van der Waals surface area contributed by atoms with Crippen LogP contribution in [-0.2, 0) is 16.1 Å². The van der Waals surface area contributed by atoms with E-state index in [-0.39, 0.29) is 6.61 Å². The van der Waals surface area contributed by atoms with Gasteiger partial charge in [-0.15, -0.1) is 0 Å². The molecule has 1 atom stereocenters. The van der Waals surface area contributed by atoms with Crippen LogP contribution in [0.3, 0.4) is 0 Å². The van der Waals surface area contributed by atoms with Crippen molar-refractivity contribution < 1.29 is 9.53 Å². The fourth-order valence-electron chi connectivity index (χ4n) is 3.25. The molecular weight excluding hydrogens is 368 g/mol. The molecule has 1 unspecified atom stereocenters. The molecule has 1 aliphatic rings. The number of rotatable bonds is 5. The Kier molecular flexibility index (Phi) is 5.59. The molecule has 0 spiro atoms. The van der Waals surface area contributed by atoms with Crippen molar-refractivity contribution in [2.24, 2.45) is 0 Å². The molecule has 1 fully saturated rings. The molecule has 4 rings (SSSR count). The normalized spacial score (nSPS) is 14.9. The minimum Gasteiger partial charge on any atom is -0.460 e. The van der Waals surface area contributed by atoms with Gasteiger partial charge in [-0.2, -0.15) is 5.26 Å². The largest absolute Gasteiger partial charge is 0.460 e. The second-order valence-electron chi connectivity index (χ2n) is 6.68. The van der Waals surface area contributed by atoms with Crippen LogP contribution >= 0.6 is 0 Å². The molecule has 1 aromatic carbocycles. The molecule has 8 nitrogen and oxygen atoms in total. The van der Waals surface area contributed by atoms with Crippen LogP contribution < -0.4 is 10.2 Å². The highest BCUT2D eigenvalue weighted by molar-refractivity contribution is 5.85. The lowest BCUT2D eigenvalue weighted by Gasteiger charge is -2.30. The lowest BCUT2D eigenvalue weighted by atomic mass is 10.1. The van der Waals surface area contributed by atoms with Crippen LogP contribution in [0.4, 0.5) is 5.82 Å². The lowest BCUT2D eigenvalue weighted by Crippen LogP contribution is -2.44. The van der Waals surface area contributed by atoms with Crippen molar-refractivity contribution in [1.82, 2.24) is 20.3 Å². The SMILES string of the molecule is N#CC(C(=O)OCc1ccncc1)c1nc2ccccc2nc1N1CCNCC1. The number of esters is 1. The van der Waals surface area contributed by atoms with Gasteiger partial charge >= 0.3 is 5.97 Å². The maximum absolute atomic E-state index is 12.8. The molecule has 0 bridgehead atoms. The Balaban J connectivity index is 1.67. The summed E-state index contributed by atoms with van der Waals surface area (Å²) in [4.78, 5) is 28.1. The number of hydrogen-bond acceptors (Lipinski definition) is 8. The zero-order valence-electron chi connectivity index (χ0n) is 15.8. The fraction of sp³-hybridized carbons (Fsp3) is 0.286. The summed E-state index contributed by atoms with van der Waals surface area (Å²) < 4.78 is 5.40. The molecule has 2 aromatic heterocycles. The number of fused-ring (bicyclic) bond motifs is 1. The third-order valence-electron chi connectivity index (χ3n) is 4.76. The molecule has 0 aliphatic carbocycles. The van der Waals surface area contributed by atoms with E-state index in [0.29, 0.717) is 17.0 Å². The van der Waals surface area contributed by atoms with E-state index in [0.717, 1.165) is 37.3 Å². The Morgan fingerprint density at radius 1 is 1.14 bits per heavy atom. The van der Waals surface area contributed by atoms with Crippen molar-refractivity contribution in [2.45, 2.75) is 12.5 Å². The first-order valence-electron chi connectivity index (χ1n) is 9.44. The predicted molar refractivity (Wildman–Crippen MR) is 107 cm³/mol. The van der Waals surface area contributed by atoms with Crippen LogP contribution in [0.5, 0.6) is 0 Å². The summed E-state index contributed by atoms with van der Waals surface area (Å²) in [5, 5.41) is 13.1. The average Bonchev–Trinajstić information content (AvgIpc) is 2.79. The number of benzene rings is 1. The lowest BCUT2D eigenvalue weighted by molar-refractivity contribution is -0.145. The summed E-state index contributed by atoms with van der Waals surface area (Å²) in [5.41, 5.74) is 2.51. The zero-order chi connectivity index (χ0) is 20.1. The number of nitrogens with zero attached hydrogens (tertiary/aromatic N) is 5. The summed E-state index contributed by atoms with van der Waals surface area (Å²) in [5.74, 6) is -1.22. The van der Waals surface area contributed by atoms with Crippen LogP contribution in [-0.4, -0.2) is 47.1 Å². The molecule has 3 heterocycles. The van der Waals surface area contributed by atoms with Gasteiger partial charge in [-0.05, 0) is 29.8 Å². The minimum absolute atomic E-state index is 0.0729. The van der Waals surface area contributed by atoms with E-state index in [4.69, 9.17) is 9.72 Å². The molecule has 29 heavy (non-hydrogen) atoms. The molecular formula is C21H20N6O2. The highest BCUT2D eigenvalue weighted by atomic mass is 16.5. The van der Waals surface area contributed by atoms with E-state index < -0.39 is 11.9 Å². The molecule has 0 saturated carbocycles. The first kappa shape index (κ1) is 18.8. The van der Waals surface area contributed by atoms with Crippen LogP contribution in [0, 0.1) is 11.3 Å². The van der Waals surface area contributed by atoms with Crippen LogP contribution in [0.2, 0.25) is 0 Å². The first-order chi connectivity index (χ1) is 14.3. The first-order valence-corrected chi connectivity index (χ1v) is 9.44. The number of para-hydroxylation sites is 2. The van der Waals surface area contributed by atoms with Crippen molar-refractivity contribution in [3.05, 3.63) is 60.0 Å². The van der Waals surface area contributed by atoms with Crippen molar-refractivity contribution in [3.8, 4) is 6.07 Å². The third-order valence-corrected chi connectivity index (χ3v) is 4.76. The van der Waals surface area contributed by atoms with Gasteiger partial charge in [0.15, 0.2) is 11.7 Å². The van der Waals surface area contributed by atoms with Gasteiger partial charge in [0.2, 0.25) is 0 Å². The Morgan fingerprint density at radius 2 is 1.83 bits per heavy atom. The summed E-state index contributed by atoms with van der Waals surface area (Å²) in [7, 11) is 0. The van der Waals surface area contributed by atoms with Crippen LogP contribution in [0.15, 0.2) is 48.8 Å². The average molecular weight is 388 g/mol. The van der Waals surface area contributed by atoms with Gasteiger partial charge in [-0.25, -0.2) is 9.97 Å².